The van der Waals surface area contributed by atoms with Crippen LogP contribution < -0.4 is 82.3 Å². The van der Waals surface area contributed by atoms with Crippen LogP contribution in [0.2, 0.25) is 0 Å². The number of benzene rings is 4. The summed E-state index contributed by atoms with van der Waals surface area (Å²) in [6, 6.07) is 17.1. The Hall–Kier alpha value is -9.90. The predicted octanol–water partition coefficient (Wildman–Crippen LogP) is -3.11. The molecule has 10 amide bonds. The van der Waals surface area contributed by atoms with Crippen LogP contribution in [0.15, 0.2) is 107 Å². The maximum absolute atomic E-state index is 15.0. The van der Waals surface area contributed by atoms with E-state index in [0.717, 1.165) is 10.8 Å². The van der Waals surface area contributed by atoms with E-state index >= 15 is 0 Å². The lowest BCUT2D eigenvalue weighted by molar-refractivity contribution is -0.136. The summed E-state index contributed by atoms with van der Waals surface area (Å²) in [5, 5.41) is 36.7. The van der Waals surface area contributed by atoms with Gasteiger partial charge >= 0.3 is 0 Å². The predicted molar refractivity (Wildman–Crippen MR) is 342 cm³/mol. The first kappa shape index (κ1) is 71.8. The van der Waals surface area contributed by atoms with Crippen LogP contribution in [0.1, 0.15) is 76.0 Å². The van der Waals surface area contributed by atoms with Crippen molar-refractivity contribution in [3.8, 4) is 5.75 Å². The van der Waals surface area contributed by atoms with E-state index in [-0.39, 0.29) is 94.6 Å². The number of carbonyl (C=O) groups excluding carboxylic acids is 10. The number of hydrogen-bond acceptors (Lipinski definition) is 15. The second-order valence-corrected chi connectivity index (χ2v) is 22.8. The van der Waals surface area contributed by atoms with Crippen molar-refractivity contribution in [2.45, 2.75) is 127 Å². The molecule has 0 spiro atoms. The third-order valence-corrected chi connectivity index (χ3v) is 14.7. The standard InChI is InChI=1S/C62H88N18O11/c1-36(2)29-47(77-60(91)50(33-40-17-20-41-13-7-8-14-42(41)30-40)79-58(89)48(32-39-18-21-43(81)22-19-39)73-52(83)35-80-27-25-69-26-28-80)57(88)78-49(31-38-11-5-4-6-12-38)59(90)75-44(15-9-23-70-61(65)66)55(86)72-37(3)54(85)74-45(16-10-24-71-62(67)68)56(87)76-46(53(64)84)34-51(63)82/h4-8,11-14,17-22,30,36-37,44-50,69,81H,9-10,15-16,23-29,31-35H2,1-3H3,(H2,63,82)(H2,64,84)(H,72,86)(H,73,83)(H,74,85)(H,75,90)(H,76,87)(H,77,91)(H,78,88)(H,79,89)(H4,65,66,70)(H4,67,68,71). The number of phenols is 1. The molecule has 1 saturated heterocycles. The summed E-state index contributed by atoms with van der Waals surface area (Å²) in [7, 11) is 0. The number of rotatable bonds is 36. The number of amides is 10. The number of phenolic OH excluding ortho intramolecular Hbond substituents is 1. The summed E-state index contributed by atoms with van der Waals surface area (Å²) >= 11 is 0. The molecular formula is C62H88N18O11. The second-order valence-electron chi connectivity index (χ2n) is 22.8. The largest absolute Gasteiger partial charge is 0.508 e. The lowest BCUT2D eigenvalue weighted by atomic mass is 9.98. The van der Waals surface area contributed by atoms with E-state index in [0.29, 0.717) is 42.9 Å². The van der Waals surface area contributed by atoms with Crippen molar-refractivity contribution < 1.29 is 53.1 Å². The minimum Gasteiger partial charge on any atom is -0.508 e. The zero-order valence-electron chi connectivity index (χ0n) is 51.6. The zero-order valence-corrected chi connectivity index (χ0v) is 51.6. The number of fused-ring (bicyclic) bond motifs is 1. The minimum atomic E-state index is -1.52. The highest BCUT2D eigenvalue weighted by molar-refractivity contribution is 5.99. The van der Waals surface area contributed by atoms with Crippen molar-refractivity contribution >= 4 is 81.8 Å². The number of primary amides is 2. The van der Waals surface area contributed by atoms with Crippen LogP contribution in [0.3, 0.4) is 0 Å². The average Bonchev–Trinajstić information content (AvgIpc) is 1.67. The smallest absolute Gasteiger partial charge is 0.243 e. The van der Waals surface area contributed by atoms with Crippen LogP contribution in [-0.4, -0.2) is 175 Å². The van der Waals surface area contributed by atoms with Crippen molar-refractivity contribution in [1.29, 1.82) is 0 Å². The van der Waals surface area contributed by atoms with Crippen LogP contribution in [0.5, 0.6) is 5.75 Å². The van der Waals surface area contributed by atoms with Crippen LogP contribution >= 0.6 is 0 Å². The van der Waals surface area contributed by atoms with Gasteiger partial charge < -0.3 is 87.4 Å². The normalized spacial score (nSPS) is 14.9. The van der Waals surface area contributed by atoms with Crippen molar-refractivity contribution in [2.75, 3.05) is 45.8 Å². The molecule has 22 N–H and O–H groups in total. The number of hydrogen-bond donors (Lipinski definition) is 16. The van der Waals surface area contributed by atoms with E-state index in [1.165, 1.54) is 19.1 Å². The fourth-order valence-electron chi connectivity index (χ4n) is 9.97. The molecule has 8 unspecified atom stereocenters. The van der Waals surface area contributed by atoms with Crippen LogP contribution in [0.4, 0.5) is 0 Å². The van der Waals surface area contributed by atoms with Gasteiger partial charge in [0.25, 0.3) is 0 Å². The molecule has 29 nitrogen and oxygen atoms in total. The van der Waals surface area contributed by atoms with Gasteiger partial charge in [0.05, 0.1) is 13.0 Å². The first-order valence-corrected chi connectivity index (χ1v) is 30.2. The third-order valence-electron chi connectivity index (χ3n) is 14.7. The van der Waals surface area contributed by atoms with Gasteiger partial charge in [-0.3, -0.25) is 62.8 Å². The number of aromatic hydroxyl groups is 1. The maximum atomic E-state index is 15.0. The summed E-state index contributed by atoms with van der Waals surface area (Å²) in [6.07, 6.45) is -0.710. The highest BCUT2D eigenvalue weighted by Crippen LogP contribution is 2.19. The number of aliphatic imine (C=N–C) groups is 2. The fourth-order valence-corrected chi connectivity index (χ4v) is 9.97. The molecule has 492 valence electrons. The van der Waals surface area contributed by atoms with Gasteiger partial charge in [-0.05, 0) is 84.5 Å². The van der Waals surface area contributed by atoms with Crippen molar-refractivity contribution in [2.24, 2.45) is 50.3 Å². The van der Waals surface area contributed by atoms with Gasteiger partial charge in [-0.15, -0.1) is 0 Å². The molecule has 5 rings (SSSR count). The molecule has 8 atom stereocenters. The molecule has 0 bridgehead atoms. The molecule has 29 heteroatoms. The number of carbonyl (C=O) groups is 10. The molecule has 4 aromatic carbocycles. The SMILES string of the molecule is CC(C)CC(NC(=O)C(Cc1ccc2ccccc2c1)NC(=O)C(Cc1ccc(O)cc1)NC(=O)CN1CCNCC1)C(=O)NC(Cc1ccccc1)C(=O)NC(CCCN=C(N)N)C(=O)NC(C)C(=O)NC(CCCN=C(N)N)C(=O)NC(CC(N)=O)C(N)=O. The highest BCUT2D eigenvalue weighted by atomic mass is 16.3. The Morgan fingerprint density at radius 1 is 0.495 bits per heavy atom. The van der Waals surface area contributed by atoms with Crippen LogP contribution in [0.25, 0.3) is 10.8 Å². The van der Waals surface area contributed by atoms with E-state index in [1.807, 2.05) is 61.2 Å². The summed E-state index contributed by atoms with van der Waals surface area (Å²) in [6.45, 7) is 7.64. The fraction of sp³-hybridized carbons (Fsp3) is 0.452. The van der Waals surface area contributed by atoms with Gasteiger partial charge in [0.15, 0.2) is 11.9 Å². The number of nitrogens with zero attached hydrogens (tertiary/aromatic N) is 3. The number of nitrogens with two attached hydrogens (primary N) is 6. The Bertz CT molecular complexity index is 3190. The Kier molecular flexibility index (Phi) is 28.9. The lowest BCUT2D eigenvalue weighted by Crippen LogP contribution is -2.61. The number of nitrogens with one attached hydrogen (secondary N) is 9. The molecule has 4 aromatic rings. The zero-order chi connectivity index (χ0) is 66.6. The maximum Gasteiger partial charge on any atom is 0.243 e. The van der Waals surface area contributed by atoms with Gasteiger partial charge in [-0.1, -0.05) is 98.8 Å². The van der Waals surface area contributed by atoms with Gasteiger partial charge in [0.1, 0.15) is 54.1 Å². The van der Waals surface area contributed by atoms with E-state index in [9.17, 15) is 53.1 Å². The Labute approximate surface area is 528 Å². The number of guanidine groups is 2. The quantitative estimate of drug-likeness (QED) is 0.0122. The minimum absolute atomic E-state index is 0.000171. The molecule has 0 radical (unpaired) electrons. The van der Waals surface area contributed by atoms with Crippen molar-refractivity contribution in [3.63, 3.8) is 0 Å². The van der Waals surface area contributed by atoms with Crippen molar-refractivity contribution in [1.82, 2.24) is 52.8 Å². The first-order chi connectivity index (χ1) is 43.3. The molecule has 1 fully saturated rings. The molecule has 1 aliphatic rings. The summed E-state index contributed by atoms with van der Waals surface area (Å²) in [5.74, 6) is -8.89. The number of piperazine rings is 1. The van der Waals surface area contributed by atoms with Gasteiger partial charge in [-0.25, -0.2) is 0 Å². The van der Waals surface area contributed by atoms with E-state index in [1.54, 1.807) is 42.5 Å². The summed E-state index contributed by atoms with van der Waals surface area (Å²) in [4.78, 5) is 148. The van der Waals surface area contributed by atoms with Gasteiger partial charge in [-0.2, -0.15) is 0 Å². The van der Waals surface area contributed by atoms with E-state index < -0.39 is 114 Å². The van der Waals surface area contributed by atoms with Gasteiger partial charge in [0.2, 0.25) is 59.1 Å². The Balaban J connectivity index is 1.42. The van der Waals surface area contributed by atoms with Gasteiger partial charge in [0, 0.05) is 58.5 Å². The lowest BCUT2D eigenvalue weighted by Gasteiger charge is -2.29. The van der Waals surface area contributed by atoms with Crippen molar-refractivity contribution in [3.05, 3.63) is 114 Å². The molecule has 91 heavy (non-hydrogen) atoms. The average molecular weight is 1260 g/mol. The van der Waals surface area contributed by atoms with Crippen LogP contribution in [-0.2, 0) is 67.2 Å². The summed E-state index contributed by atoms with van der Waals surface area (Å²) in [5.41, 5.74) is 34.6. The Morgan fingerprint density at radius 2 is 0.934 bits per heavy atom. The summed E-state index contributed by atoms with van der Waals surface area (Å²) < 4.78 is 0. The molecule has 0 saturated carbocycles. The second kappa shape index (κ2) is 36.5. The topological polar surface area (TPSA) is 483 Å². The molecule has 1 aliphatic heterocycles. The molecular weight excluding hydrogens is 1170 g/mol. The van der Waals surface area contributed by atoms with Crippen LogP contribution in [0, 0.1) is 5.92 Å². The molecule has 0 aliphatic carbocycles. The molecule has 0 aromatic heterocycles. The van der Waals surface area contributed by atoms with E-state index in [4.69, 9.17) is 34.4 Å². The molecule has 1 heterocycles. The Morgan fingerprint density at radius 3 is 1.47 bits per heavy atom. The highest BCUT2D eigenvalue weighted by Gasteiger charge is 2.35. The van der Waals surface area contributed by atoms with E-state index in [2.05, 4.69) is 57.8 Å². The first-order valence-electron chi connectivity index (χ1n) is 30.2. The third kappa shape index (κ3) is 25.6. The monoisotopic (exact) mass is 1260 g/mol.